The molecule has 1 fully saturated rings. The molecule has 2 aromatic carbocycles. The molecule has 0 saturated carbocycles. The van der Waals surface area contributed by atoms with E-state index >= 15 is 0 Å². The highest BCUT2D eigenvalue weighted by molar-refractivity contribution is 7.99. The number of rotatable bonds is 5. The van der Waals surface area contributed by atoms with E-state index < -0.39 is 0 Å². The number of aryl methyl sites for hydroxylation is 1. The Bertz CT molecular complexity index is 824. The lowest BCUT2D eigenvalue weighted by atomic mass is 10.1. The minimum atomic E-state index is -0.385. The Hall–Kier alpha value is -2.27. The number of nitrogens with one attached hydrogen (secondary N) is 1. The van der Waals surface area contributed by atoms with Crippen molar-refractivity contribution in [1.82, 2.24) is 10.2 Å². The zero-order valence-electron chi connectivity index (χ0n) is 14.7. The van der Waals surface area contributed by atoms with Gasteiger partial charge in [-0.1, -0.05) is 48.5 Å². The number of hydrogen-bond donors (Lipinski definition) is 1. The molecule has 1 N–H and O–H groups in total. The second-order valence-electron chi connectivity index (χ2n) is 6.94. The molecule has 2 aromatic rings. The number of hydrogen-bond acceptors (Lipinski definition) is 3. The molecule has 1 saturated heterocycles. The molecule has 2 heterocycles. The van der Waals surface area contributed by atoms with Crippen molar-refractivity contribution in [3.63, 3.8) is 0 Å². The van der Waals surface area contributed by atoms with Crippen molar-refractivity contribution in [1.29, 1.82) is 0 Å². The zero-order chi connectivity index (χ0) is 18.1. The lowest BCUT2D eigenvalue weighted by molar-refractivity contribution is -0.125. The highest BCUT2D eigenvalue weighted by atomic mass is 32.2. The Morgan fingerprint density at radius 1 is 1.19 bits per heavy atom. The Labute approximate surface area is 158 Å². The lowest BCUT2D eigenvalue weighted by Crippen LogP contribution is -2.48. The van der Waals surface area contributed by atoms with E-state index in [0.29, 0.717) is 5.75 Å². The number of benzene rings is 2. The number of carbonyl (C=O) groups is 2. The molecule has 4 rings (SSSR count). The summed E-state index contributed by atoms with van der Waals surface area (Å²) in [4.78, 5) is 27.3. The maximum atomic E-state index is 12.8. The number of carbonyl (C=O) groups excluding carboxylic acids is 2. The summed E-state index contributed by atoms with van der Waals surface area (Å²) in [7, 11) is 0. The average molecular weight is 366 g/mol. The van der Waals surface area contributed by atoms with Gasteiger partial charge in [0.15, 0.2) is 0 Å². The van der Waals surface area contributed by atoms with Gasteiger partial charge in [0.2, 0.25) is 5.91 Å². The van der Waals surface area contributed by atoms with E-state index in [-0.39, 0.29) is 29.3 Å². The Morgan fingerprint density at radius 3 is 2.73 bits per heavy atom. The molecule has 134 valence electrons. The molecule has 0 bridgehead atoms. The van der Waals surface area contributed by atoms with Crippen LogP contribution in [0.25, 0.3) is 0 Å². The quantitative estimate of drug-likeness (QED) is 0.882. The third kappa shape index (κ3) is 3.12. The van der Waals surface area contributed by atoms with Crippen LogP contribution in [0.15, 0.2) is 54.6 Å². The van der Waals surface area contributed by atoms with Gasteiger partial charge in [0.05, 0.1) is 0 Å². The molecule has 0 aliphatic carbocycles. The highest BCUT2D eigenvalue weighted by Gasteiger charge is 2.48. The van der Waals surface area contributed by atoms with Gasteiger partial charge in [-0.25, -0.2) is 0 Å². The Balaban J connectivity index is 1.38. The first-order valence-corrected chi connectivity index (χ1v) is 10.1. The van der Waals surface area contributed by atoms with Gasteiger partial charge in [-0.2, -0.15) is 0 Å². The standard InChI is InChI=1S/C21H22N2O2S/c1-14(11-12-15-7-3-2-4-8-15)22-19(24)18-13-26-21-17-10-6-5-9-16(17)20(25)23(18)21/h2-10,14,18,21H,11-13H2,1H3,(H,22,24)/t14-,18-,21-/m1/s1. The minimum absolute atomic E-state index is 0.0194. The molecule has 0 aromatic heterocycles. The Morgan fingerprint density at radius 2 is 1.92 bits per heavy atom. The van der Waals surface area contributed by atoms with Crippen LogP contribution in [-0.2, 0) is 11.2 Å². The summed E-state index contributed by atoms with van der Waals surface area (Å²) < 4.78 is 0. The first-order chi connectivity index (χ1) is 12.6. The van der Waals surface area contributed by atoms with E-state index in [1.165, 1.54) is 5.56 Å². The molecule has 26 heavy (non-hydrogen) atoms. The van der Waals surface area contributed by atoms with Gasteiger partial charge in [0.1, 0.15) is 11.4 Å². The van der Waals surface area contributed by atoms with Gasteiger partial charge in [-0.3, -0.25) is 9.59 Å². The lowest BCUT2D eigenvalue weighted by Gasteiger charge is -2.24. The van der Waals surface area contributed by atoms with Gasteiger partial charge >= 0.3 is 0 Å². The molecule has 3 atom stereocenters. The van der Waals surface area contributed by atoms with Crippen LogP contribution in [0.4, 0.5) is 0 Å². The maximum absolute atomic E-state index is 12.8. The number of fused-ring (bicyclic) bond motifs is 3. The number of thioether (sulfide) groups is 1. The molecule has 2 aliphatic rings. The third-order valence-electron chi connectivity index (χ3n) is 5.09. The maximum Gasteiger partial charge on any atom is 0.256 e. The van der Waals surface area contributed by atoms with Crippen LogP contribution in [-0.4, -0.2) is 34.6 Å². The fourth-order valence-electron chi connectivity index (χ4n) is 3.68. The third-order valence-corrected chi connectivity index (χ3v) is 6.40. The van der Waals surface area contributed by atoms with Crippen molar-refractivity contribution in [3.8, 4) is 0 Å². The first-order valence-electron chi connectivity index (χ1n) is 9.02. The van der Waals surface area contributed by atoms with Gasteiger partial charge in [0.25, 0.3) is 5.91 Å². The summed E-state index contributed by atoms with van der Waals surface area (Å²) in [6.45, 7) is 2.03. The largest absolute Gasteiger partial charge is 0.352 e. The minimum Gasteiger partial charge on any atom is -0.352 e. The molecule has 5 heteroatoms. The molecule has 2 amide bonds. The van der Waals surface area contributed by atoms with Crippen LogP contribution >= 0.6 is 11.8 Å². The van der Waals surface area contributed by atoms with Crippen molar-refractivity contribution in [3.05, 3.63) is 71.3 Å². The average Bonchev–Trinajstić information content (AvgIpc) is 3.22. The van der Waals surface area contributed by atoms with Crippen LogP contribution in [0.1, 0.15) is 40.2 Å². The van der Waals surface area contributed by atoms with Crippen LogP contribution in [0, 0.1) is 0 Å². The van der Waals surface area contributed by atoms with E-state index in [1.54, 1.807) is 16.7 Å². The van der Waals surface area contributed by atoms with Crippen molar-refractivity contribution in [2.75, 3.05) is 5.75 Å². The number of amides is 2. The molecular formula is C21H22N2O2S. The summed E-state index contributed by atoms with van der Waals surface area (Å²) >= 11 is 1.68. The monoisotopic (exact) mass is 366 g/mol. The fraction of sp³-hybridized carbons (Fsp3) is 0.333. The summed E-state index contributed by atoms with van der Waals surface area (Å²) in [6, 6.07) is 17.7. The van der Waals surface area contributed by atoms with E-state index in [4.69, 9.17) is 0 Å². The summed E-state index contributed by atoms with van der Waals surface area (Å²) in [5.41, 5.74) is 3.05. The van der Waals surface area contributed by atoms with Crippen molar-refractivity contribution >= 4 is 23.6 Å². The second-order valence-corrected chi connectivity index (χ2v) is 8.05. The molecule has 0 spiro atoms. The van der Waals surface area contributed by atoms with E-state index in [2.05, 4.69) is 17.4 Å². The van der Waals surface area contributed by atoms with Gasteiger partial charge in [0, 0.05) is 17.4 Å². The van der Waals surface area contributed by atoms with Crippen molar-refractivity contribution in [2.24, 2.45) is 0 Å². The van der Waals surface area contributed by atoms with Gasteiger partial charge in [-0.15, -0.1) is 11.8 Å². The number of nitrogens with zero attached hydrogens (tertiary/aromatic N) is 1. The predicted molar refractivity (Wildman–Crippen MR) is 104 cm³/mol. The zero-order valence-corrected chi connectivity index (χ0v) is 15.5. The van der Waals surface area contributed by atoms with Crippen molar-refractivity contribution in [2.45, 2.75) is 37.2 Å². The van der Waals surface area contributed by atoms with Crippen LogP contribution in [0.5, 0.6) is 0 Å². The summed E-state index contributed by atoms with van der Waals surface area (Å²) in [6.07, 6.45) is 1.81. The van der Waals surface area contributed by atoms with E-state index in [9.17, 15) is 9.59 Å². The van der Waals surface area contributed by atoms with Crippen molar-refractivity contribution < 1.29 is 9.59 Å². The molecule has 2 aliphatic heterocycles. The normalized spacial score (nSPS) is 22.0. The molecule has 0 unspecified atom stereocenters. The molecule has 4 nitrogen and oxygen atoms in total. The molecule has 0 radical (unpaired) electrons. The smallest absolute Gasteiger partial charge is 0.256 e. The summed E-state index contributed by atoms with van der Waals surface area (Å²) in [5, 5.41) is 3.09. The van der Waals surface area contributed by atoms with E-state index in [1.807, 2.05) is 49.4 Å². The van der Waals surface area contributed by atoms with Gasteiger partial charge < -0.3 is 10.2 Å². The fourth-order valence-corrected chi connectivity index (χ4v) is 5.15. The molecular weight excluding hydrogens is 344 g/mol. The van der Waals surface area contributed by atoms with Crippen LogP contribution < -0.4 is 5.32 Å². The SMILES string of the molecule is C[C@H](CCc1ccccc1)NC(=O)[C@H]1CS[C@@H]2c3ccccc3C(=O)N12. The Kier molecular flexibility index (Phi) is 4.72. The van der Waals surface area contributed by atoms with Gasteiger partial charge in [-0.05, 0) is 37.0 Å². The summed E-state index contributed by atoms with van der Waals surface area (Å²) in [5.74, 6) is 0.594. The van der Waals surface area contributed by atoms with Crippen LogP contribution in [0.2, 0.25) is 0 Å². The van der Waals surface area contributed by atoms with E-state index in [0.717, 1.165) is 24.0 Å². The predicted octanol–water partition coefficient (Wildman–Crippen LogP) is 3.39. The highest BCUT2D eigenvalue weighted by Crippen LogP contribution is 2.48. The first kappa shape index (κ1) is 17.2. The van der Waals surface area contributed by atoms with Crippen LogP contribution in [0.3, 0.4) is 0 Å². The topological polar surface area (TPSA) is 49.4 Å². The second kappa shape index (κ2) is 7.16.